The molecule has 23 heavy (non-hydrogen) atoms. The largest absolute Gasteiger partial charge is 0.507 e. The SMILES string of the molecule is O=C(OCc1cccc(COC[N+](=O)[O-])n1)c1ccccc1O. The number of aromatic nitrogens is 1. The summed E-state index contributed by atoms with van der Waals surface area (Å²) in [6.07, 6.45) is 0. The Morgan fingerprint density at radius 1 is 1.13 bits per heavy atom. The molecule has 0 bridgehead atoms. The fourth-order valence-electron chi connectivity index (χ4n) is 1.78. The number of pyridine rings is 1. The zero-order valence-corrected chi connectivity index (χ0v) is 12.0. The molecule has 2 aromatic rings. The first-order chi connectivity index (χ1) is 11.1. The van der Waals surface area contributed by atoms with Crippen molar-refractivity contribution in [2.45, 2.75) is 13.2 Å². The van der Waals surface area contributed by atoms with E-state index in [2.05, 4.69) is 4.98 Å². The Morgan fingerprint density at radius 3 is 2.52 bits per heavy atom. The number of ether oxygens (including phenoxy) is 2. The molecule has 0 fully saturated rings. The Kier molecular flexibility index (Phi) is 5.59. The lowest BCUT2D eigenvalue weighted by atomic mass is 10.2. The van der Waals surface area contributed by atoms with E-state index >= 15 is 0 Å². The van der Waals surface area contributed by atoms with E-state index in [1.165, 1.54) is 12.1 Å². The van der Waals surface area contributed by atoms with Crippen LogP contribution in [0.15, 0.2) is 42.5 Å². The number of esters is 1. The van der Waals surface area contributed by atoms with Crippen LogP contribution in [0.25, 0.3) is 0 Å². The van der Waals surface area contributed by atoms with Crippen LogP contribution in [-0.2, 0) is 22.7 Å². The number of rotatable bonds is 7. The molecule has 8 heteroatoms. The van der Waals surface area contributed by atoms with E-state index < -0.39 is 17.6 Å². The molecule has 0 unspecified atom stereocenters. The van der Waals surface area contributed by atoms with Crippen LogP contribution in [0.5, 0.6) is 5.75 Å². The second kappa shape index (κ2) is 7.85. The standard InChI is InChI=1S/C15H14N2O6/c18-14-7-2-1-6-13(14)15(19)23-9-12-5-3-4-11(16-12)8-22-10-17(20)21/h1-7,18H,8-10H2. The Bertz CT molecular complexity index is 704. The fraction of sp³-hybridized carbons (Fsp3) is 0.200. The molecule has 120 valence electrons. The number of phenols is 1. The average molecular weight is 318 g/mol. The summed E-state index contributed by atoms with van der Waals surface area (Å²) < 4.78 is 9.93. The number of carbonyl (C=O) groups is 1. The molecule has 0 radical (unpaired) electrons. The van der Waals surface area contributed by atoms with Crippen LogP contribution in [-0.4, -0.2) is 27.7 Å². The van der Waals surface area contributed by atoms with Crippen molar-refractivity contribution in [2.24, 2.45) is 0 Å². The van der Waals surface area contributed by atoms with Gasteiger partial charge in [-0.2, -0.15) is 0 Å². The highest BCUT2D eigenvalue weighted by Gasteiger charge is 2.12. The zero-order valence-electron chi connectivity index (χ0n) is 12.0. The maximum absolute atomic E-state index is 11.9. The number of para-hydroxylation sites is 1. The number of nitro groups is 1. The molecule has 1 aromatic carbocycles. The van der Waals surface area contributed by atoms with Crippen LogP contribution in [0.4, 0.5) is 0 Å². The molecule has 0 amide bonds. The summed E-state index contributed by atoms with van der Waals surface area (Å²) in [4.78, 5) is 25.6. The van der Waals surface area contributed by atoms with Crippen LogP contribution >= 0.6 is 0 Å². The molecule has 0 aliphatic carbocycles. The first kappa shape index (κ1) is 16.4. The van der Waals surface area contributed by atoms with Crippen molar-refractivity contribution in [1.82, 2.24) is 4.98 Å². The summed E-state index contributed by atoms with van der Waals surface area (Å²) in [7, 11) is 0. The Morgan fingerprint density at radius 2 is 1.83 bits per heavy atom. The molecular weight excluding hydrogens is 304 g/mol. The Hall–Kier alpha value is -3.00. The van der Waals surface area contributed by atoms with Crippen LogP contribution in [0, 0.1) is 10.1 Å². The van der Waals surface area contributed by atoms with Crippen molar-refractivity contribution < 1.29 is 24.3 Å². The summed E-state index contributed by atoms with van der Waals surface area (Å²) in [5, 5.41) is 19.8. The third kappa shape index (κ3) is 5.04. The second-order valence-corrected chi connectivity index (χ2v) is 4.52. The van der Waals surface area contributed by atoms with Gasteiger partial charge in [0.15, 0.2) is 0 Å². The van der Waals surface area contributed by atoms with Crippen molar-refractivity contribution in [1.29, 1.82) is 0 Å². The van der Waals surface area contributed by atoms with Crippen LogP contribution in [0.3, 0.4) is 0 Å². The molecule has 0 spiro atoms. The van der Waals surface area contributed by atoms with Gasteiger partial charge in [-0.15, -0.1) is 0 Å². The van der Waals surface area contributed by atoms with Gasteiger partial charge in [0.25, 0.3) is 0 Å². The summed E-state index contributed by atoms with van der Waals surface area (Å²) in [6.45, 7) is -0.702. The highest BCUT2D eigenvalue weighted by molar-refractivity contribution is 5.92. The van der Waals surface area contributed by atoms with Crippen LogP contribution in [0.2, 0.25) is 0 Å². The number of hydrogen-bond acceptors (Lipinski definition) is 7. The Labute approximate surface area is 131 Å². The fourth-order valence-corrected chi connectivity index (χ4v) is 1.78. The van der Waals surface area contributed by atoms with Gasteiger partial charge in [0, 0.05) is 4.92 Å². The first-order valence-electron chi connectivity index (χ1n) is 6.65. The first-order valence-corrected chi connectivity index (χ1v) is 6.65. The minimum Gasteiger partial charge on any atom is -0.507 e. The second-order valence-electron chi connectivity index (χ2n) is 4.52. The summed E-state index contributed by atoms with van der Waals surface area (Å²) in [6, 6.07) is 11.0. The third-order valence-electron chi connectivity index (χ3n) is 2.79. The smallest absolute Gasteiger partial charge is 0.342 e. The Balaban J connectivity index is 1.92. The average Bonchev–Trinajstić information content (AvgIpc) is 2.53. The summed E-state index contributed by atoms with van der Waals surface area (Å²) in [5.74, 6) is -0.827. The molecule has 8 nitrogen and oxygen atoms in total. The van der Waals surface area contributed by atoms with E-state index in [1.807, 2.05) is 0 Å². The van der Waals surface area contributed by atoms with Gasteiger partial charge in [-0.25, -0.2) is 4.79 Å². The number of benzene rings is 1. The predicted molar refractivity (Wildman–Crippen MR) is 78.1 cm³/mol. The van der Waals surface area contributed by atoms with E-state index in [4.69, 9.17) is 9.47 Å². The molecular formula is C15H14N2O6. The van der Waals surface area contributed by atoms with E-state index in [1.54, 1.807) is 30.3 Å². The molecule has 0 atom stereocenters. The van der Waals surface area contributed by atoms with Gasteiger partial charge in [0.05, 0.1) is 18.0 Å². The lowest BCUT2D eigenvalue weighted by Crippen LogP contribution is -2.08. The molecule has 0 aliphatic rings. The van der Waals surface area contributed by atoms with Crippen molar-refractivity contribution in [3.63, 3.8) is 0 Å². The molecule has 1 aromatic heterocycles. The van der Waals surface area contributed by atoms with Gasteiger partial charge < -0.3 is 14.6 Å². The number of carbonyl (C=O) groups excluding carboxylic acids is 1. The van der Waals surface area contributed by atoms with Crippen LogP contribution < -0.4 is 0 Å². The lowest BCUT2D eigenvalue weighted by Gasteiger charge is -2.07. The summed E-state index contributed by atoms with van der Waals surface area (Å²) in [5.41, 5.74) is 1.02. The molecule has 1 N–H and O–H groups in total. The van der Waals surface area contributed by atoms with Crippen molar-refractivity contribution in [3.8, 4) is 5.75 Å². The van der Waals surface area contributed by atoms with Gasteiger partial charge in [-0.05, 0) is 24.3 Å². The van der Waals surface area contributed by atoms with Crippen LogP contribution in [0.1, 0.15) is 21.7 Å². The molecule has 1 heterocycles. The number of phenolic OH excluding ortho intramolecular Hbond substituents is 1. The van der Waals surface area contributed by atoms with E-state index in [9.17, 15) is 20.0 Å². The highest BCUT2D eigenvalue weighted by Crippen LogP contribution is 2.17. The topological polar surface area (TPSA) is 112 Å². The van der Waals surface area contributed by atoms with Gasteiger partial charge in [-0.3, -0.25) is 15.1 Å². The molecule has 0 saturated carbocycles. The summed E-state index contributed by atoms with van der Waals surface area (Å²) >= 11 is 0. The van der Waals surface area contributed by atoms with Crippen molar-refractivity contribution in [3.05, 3.63) is 69.5 Å². The zero-order chi connectivity index (χ0) is 16.7. The maximum atomic E-state index is 11.9. The molecule has 0 saturated heterocycles. The van der Waals surface area contributed by atoms with E-state index in [0.717, 1.165) is 0 Å². The van der Waals surface area contributed by atoms with E-state index in [0.29, 0.717) is 11.4 Å². The van der Waals surface area contributed by atoms with Crippen molar-refractivity contribution in [2.75, 3.05) is 6.73 Å². The maximum Gasteiger partial charge on any atom is 0.342 e. The minimum atomic E-state index is -0.667. The van der Waals surface area contributed by atoms with E-state index in [-0.39, 0.29) is 24.5 Å². The predicted octanol–water partition coefficient (Wildman–Crippen LogP) is 1.90. The highest BCUT2D eigenvalue weighted by atomic mass is 16.7. The number of nitrogens with zero attached hydrogens (tertiary/aromatic N) is 2. The monoisotopic (exact) mass is 318 g/mol. The molecule has 2 rings (SSSR count). The normalized spacial score (nSPS) is 10.3. The number of hydrogen-bond donors (Lipinski definition) is 1. The van der Waals surface area contributed by atoms with Crippen molar-refractivity contribution >= 4 is 5.97 Å². The van der Waals surface area contributed by atoms with Gasteiger partial charge in [-0.1, -0.05) is 18.2 Å². The van der Waals surface area contributed by atoms with Gasteiger partial charge in [0.2, 0.25) is 0 Å². The number of aromatic hydroxyl groups is 1. The lowest BCUT2D eigenvalue weighted by molar-refractivity contribution is -0.527. The quantitative estimate of drug-likeness (QED) is 0.359. The molecule has 0 aliphatic heterocycles. The minimum absolute atomic E-state index is 0.0117. The van der Waals surface area contributed by atoms with Gasteiger partial charge >= 0.3 is 12.7 Å². The third-order valence-corrected chi connectivity index (χ3v) is 2.79. The van der Waals surface area contributed by atoms with Gasteiger partial charge in [0.1, 0.15) is 17.9 Å².